The van der Waals surface area contributed by atoms with E-state index < -0.39 is 12.0 Å². The van der Waals surface area contributed by atoms with Gasteiger partial charge in [-0.15, -0.1) is 0 Å². The number of hydrogen-bond donors (Lipinski definition) is 3. The van der Waals surface area contributed by atoms with Gasteiger partial charge in [0.2, 0.25) is 0 Å². The number of aromatic hydroxyl groups is 1. The van der Waals surface area contributed by atoms with Crippen LogP contribution in [0.3, 0.4) is 0 Å². The number of carbonyl (C=O) groups is 1. The minimum absolute atomic E-state index is 0.0149. The minimum Gasteiger partial charge on any atom is -0.504 e. The molecular formula is C12H17NO4. The smallest absolute Gasteiger partial charge is 0.303 e. The van der Waals surface area contributed by atoms with E-state index in [9.17, 15) is 9.90 Å². The number of methoxy groups -OCH3 is 1. The number of phenols is 1. The number of aliphatic carboxylic acids is 1. The second kappa shape index (κ2) is 5.54. The van der Waals surface area contributed by atoms with Gasteiger partial charge in [-0.2, -0.15) is 0 Å². The maximum Gasteiger partial charge on any atom is 0.303 e. The van der Waals surface area contributed by atoms with Crippen LogP contribution < -0.4 is 10.5 Å². The van der Waals surface area contributed by atoms with Crippen molar-refractivity contribution in [2.45, 2.75) is 25.8 Å². The molecule has 1 aromatic carbocycles. The number of phenolic OH excluding ortho intramolecular Hbond substituents is 1. The van der Waals surface area contributed by atoms with Crippen LogP contribution in [0.1, 0.15) is 30.0 Å². The summed E-state index contributed by atoms with van der Waals surface area (Å²) in [5.41, 5.74) is 7.20. The summed E-state index contributed by atoms with van der Waals surface area (Å²) in [6, 6.07) is 3.02. The van der Waals surface area contributed by atoms with E-state index in [1.165, 1.54) is 7.11 Å². The van der Waals surface area contributed by atoms with Crippen LogP contribution in [0.4, 0.5) is 0 Å². The van der Waals surface area contributed by atoms with E-state index in [4.69, 9.17) is 15.6 Å². The van der Waals surface area contributed by atoms with Crippen molar-refractivity contribution in [1.82, 2.24) is 0 Å². The lowest BCUT2D eigenvalue weighted by molar-refractivity contribution is -0.137. The second-order valence-electron chi connectivity index (χ2n) is 3.89. The molecule has 0 heterocycles. The molecule has 1 aromatic rings. The Hall–Kier alpha value is -1.75. The molecule has 4 N–H and O–H groups in total. The Morgan fingerprint density at radius 2 is 2.18 bits per heavy atom. The lowest BCUT2D eigenvalue weighted by atomic mass is 9.99. The number of carboxylic acids is 1. The molecule has 0 fully saturated rings. The molecule has 0 saturated heterocycles. The van der Waals surface area contributed by atoms with Crippen molar-refractivity contribution in [2.75, 3.05) is 7.11 Å². The maximum absolute atomic E-state index is 10.5. The molecule has 0 aliphatic heterocycles. The van der Waals surface area contributed by atoms with E-state index in [0.717, 1.165) is 0 Å². The fraction of sp³-hybridized carbons (Fsp3) is 0.417. The van der Waals surface area contributed by atoms with E-state index in [1.54, 1.807) is 19.1 Å². The second-order valence-corrected chi connectivity index (χ2v) is 3.89. The molecule has 0 spiro atoms. The largest absolute Gasteiger partial charge is 0.504 e. The Kier molecular flexibility index (Phi) is 4.34. The summed E-state index contributed by atoms with van der Waals surface area (Å²) < 4.78 is 5.11. The van der Waals surface area contributed by atoms with E-state index in [-0.39, 0.29) is 12.2 Å². The molecule has 0 amide bonds. The molecule has 1 unspecified atom stereocenters. The van der Waals surface area contributed by atoms with Gasteiger partial charge in [0.1, 0.15) is 0 Å². The number of carboxylic acid groups (broad SMARTS) is 1. The zero-order valence-corrected chi connectivity index (χ0v) is 9.93. The molecule has 5 nitrogen and oxygen atoms in total. The Balaban J connectivity index is 2.97. The molecule has 0 saturated carbocycles. The van der Waals surface area contributed by atoms with Gasteiger partial charge in [0.15, 0.2) is 11.5 Å². The third kappa shape index (κ3) is 3.10. The standard InChI is InChI=1S/C12H17NO4/c1-7-3-4-8(12(17-2)11(7)16)9(13)5-6-10(14)15/h3-4,9,16H,5-6,13H2,1-2H3,(H,14,15). The van der Waals surface area contributed by atoms with Gasteiger partial charge in [-0.3, -0.25) is 4.79 Å². The van der Waals surface area contributed by atoms with Gasteiger partial charge in [-0.1, -0.05) is 12.1 Å². The summed E-state index contributed by atoms with van der Waals surface area (Å²) in [5.74, 6) is -0.519. The van der Waals surface area contributed by atoms with E-state index >= 15 is 0 Å². The molecule has 1 rings (SSSR count). The van der Waals surface area contributed by atoms with Gasteiger partial charge >= 0.3 is 5.97 Å². The summed E-state index contributed by atoms with van der Waals surface area (Å²) in [6.45, 7) is 1.75. The lowest BCUT2D eigenvalue weighted by Gasteiger charge is -2.17. The highest BCUT2D eigenvalue weighted by atomic mass is 16.5. The van der Waals surface area contributed by atoms with Gasteiger partial charge in [-0.25, -0.2) is 0 Å². The van der Waals surface area contributed by atoms with E-state index in [1.807, 2.05) is 0 Å². The highest BCUT2D eigenvalue weighted by Crippen LogP contribution is 2.36. The van der Waals surface area contributed by atoms with Crippen LogP contribution in [0.15, 0.2) is 12.1 Å². The molecule has 5 heteroatoms. The number of rotatable bonds is 5. The predicted octanol–water partition coefficient (Wildman–Crippen LogP) is 1.57. The first-order valence-corrected chi connectivity index (χ1v) is 5.31. The lowest BCUT2D eigenvalue weighted by Crippen LogP contribution is -2.13. The van der Waals surface area contributed by atoms with Crippen LogP contribution in [0, 0.1) is 6.92 Å². The van der Waals surface area contributed by atoms with Gasteiger partial charge in [0.05, 0.1) is 7.11 Å². The van der Waals surface area contributed by atoms with Gasteiger partial charge < -0.3 is 20.7 Å². The fourth-order valence-corrected chi connectivity index (χ4v) is 1.63. The Bertz CT molecular complexity index is 417. The van der Waals surface area contributed by atoms with Crippen LogP contribution in [-0.4, -0.2) is 23.3 Å². The molecule has 0 aliphatic carbocycles. The molecular weight excluding hydrogens is 222 g/mol. The third-order valence-corrected chi connectivity index (χ3v) is 2.64. The number of nitrogens with two attached hydrogens (primary N) is 1. The molecule has 0 bridgehead atoms. The number of hydrogen-bond acceptors (Lipinski definition) is 4. The fourth-order valence-electron chi connectivity index (χ4n) is 1.63. The maximum atomic E-state index is 10.5. The first kappa shape index (κ1) is 13.3. The molecule has 17 heavy (non-hydrogen) atoms. The van der Waals surface area contributed by atoms with E-state index in [0.29, 0.717) is 23.3 Å². The quantitative estimate of drug-likeness (QED) is 0.725. The number of benzene rings is 1. The number of aryl methyl sites for hydroxylation is 1. The van der Waals surface area contributed by atoms with Gasteiger partial charge in [0.25, 0.3) is 0 Å². The molecule has 0 aromatic heterocycles. The van der Waals surface area contributed by atoms with Crippen LogP contribution in [0.2, 0.25) is 0 Å². The summed E-state index contributed by atoms with van der Waals surface area (Å²) in [7, 11) is 1.45. The average molecular weight is 239 g/mol. The molecule has 1 atom stereocenters. The van der Waals surface area contributed by atoms with Crippen molar-refractivity contribution in [2.24, 2.45) is 5.73 Å². The van der Waals surface area contributed by atoms with E-state index in [2.05, 4.69) is 0 Å². The first-order chi connectivity index (χ1) is 7.97. The Morgan fingerprint density at radius 3 is 2.71 bits per heavy atom. The molecule has 94 valence electrons. The SMILES string of the molecule is COc1c(C(N)CCC(=O)O)ccc(C)c1O. The van der Waals surface area contributed by atoms with Gasteiger partial charge in [0, 0.05) is 18.0 Å². The van der Waals surface area contributed by atoms with Crippen molar-refractivity contribution in [3.63, 3.8) is 0 Å². The summed E-state index contributed by atoms with van der Waals surface area (Å²) in [6.07, 6.45) is 0.285. The van der Waals surface area contributed by atoms with Gasteiger partial charge in [-0.05, 0) is 18.9 Å². The van der Waals surface area contributed by atoms with Crippen LogP contribution in [-0.2, 0) is 4.79 Å². The predicted molar refractivity (Wildman–Crippen MR) is 63.2 cm³/mol. The van der Waals surface area contributed by atoms with Crippen molar-refractivity contribution < 1.29 is 19.7 Å². The Morgan fingerprint density at radius 1 is 1.53 bits per heavy atom. The zero-order chi connectivity index (χ0) is 13.0. The molecule has 0 aliphatic rings. The van der Waals surface area contributed by atoms with Crippen molar-refractivity contribution in [3.8, 4) is 11.5 Å². The van der Waals surface area contributed by atoms with Crippen molar-refractivity contribution in [1.29, 1.82) is 0 Å². The molecule has 0 radical (unpaired) electrons. The highest BCUT2D eigenvalue weighted by molar-refractivity contribution is 5.66. The highest BCUT2D eigenvalue weighted by Gasteiger charge is 2.17. The topological polar surface area (TPSA) is 92.8 Å². The number of ether oxygens (including phenoxy) is 1. The monoisotopic (exact) mass is 239 g/mol. The summed E-state index contributed by atoms with van der Waals surface area (Å²) in [5, 5.41) is 18.4. The van der Waals surface area contributed by atoms with Crippen LogP contribution in [0.5, 0.6) is 11.5 Å². The Labute approximate surface area is 99.8 Å². The van der Waals surface area contributed by atoms with Crippen molar-refractivity contribution >= 4 is 5.97 Å². The van der Waals surface area contributed by atoms with Crippen LogP contribution >= 0.6 is 0 Å². The summed E-state index contributed by atoms with van der Waals surface area (Å²) >= 11 is 0. The average Bonchev–Trinajstić information content (AvgIpc) is 2.29. The normalized spacial score (nSPS) is 12.2. The first-order valence-electron chi connectivity index (χ1n) is 5.31. The minimum atomic E-state index is -0.893. The van der Waals surface area contributed by atoms with Crippen LogP contribution in [0.25, 0.3) is 0 Å². The third-order valence-electron chi connectivity index (χ3n) is 2.64. The zero-order valence-electron chi connectivity index (χ0n) is 9.93. The van der Waals surface area contributed by atoms with Crippen molar-refractivity contribution in [3.05, 3.63) is 23.3 Å². The summed E-state index contributed by atoms with van der Waals surface area (Å²) in [4.78, 5) is 10.5.